The van der Waals surface area contributed by atoms with E-state index in [9.17, 15) is 9.90 Å². The van der Waals surface area contributed by atoms with E-state index in [-0.39, 0.29) is 23.4 Å². The molecule has 0 unspecified atom stereocenters. The predicted molar refractivity (Wildman–Crippen MR) is 87.4 cm³/mol. The lowest BCUT2D eigenvalue weighted by Crippen LogP contribution is -2.31. The first-order valence-corrected chi connectivity index (χ1v) is 8.02. The number of amides is 1. The average Bonchev–Trinajstić information content (AvgIpc) is 2.92. The van der Waals surface area contributed by atoms with Crippen LogP contribution in [0.15, 0.2) is 12.3 Å². The molecule has 2 aromatic heterocycles. The third-order valence-corrected chi connectivity index (χ3v) is 4.06. The molecule has 0 fully saturated rings. The molecule has 25 heavy (non-hydrogen) atoms. The fourth-order valence-electron chi connectivity index (χ4n) is 2.76. The molecular weight excluding hydrogens is 326 g/mol. The molecule has 9 heteroatoms. The van der Waals surface area contributed by atoms with Crippen LogP contribution in [-0.2, 0) is 13.1 Å². The van der Waals surface area contributed by atoms with E-state index < -0.39 is 6.10 Å². The fraction of sp³-hybridized carbons (Fsp3) is 0.500. The van der Waals surface area contributed by atoms with Crippen LogP contribution in [0.5, 0.6) is 11.8 Å². The summed E-state index contributed by atoms with van der Waals surface area (Å²) in [4.78, 5) is 22.8. The predicted octanol–water partition coefficient (Wildman–Crippen LogP) is 0.790. The van der Waals surface area contributed by atoms with Crippen molar-refractivity contribution < 1.29 is 19.4 Å². The lowest BCUT2D eigenvalue weighted by molar-refractivity contribution is 0.0738. The normalized spacial score (nSPS) is 15.3. The van der Waals surface area contributed by atoms with Crippen LogP contribution in [0.25, 0.3) is 0 Å². The number of hydrogen-bond donors (Lipinski definition) is 1. The van der Waals surface area contributed by atoms with Gasteiger partial charge >= 0.3 is 0 Å². The number of nitrogens with zero attached hydrogens (tertiary/aromatic N) is 5. The minimum absolute atomic E-state index is 0.171. The Morgan fingerprint density at radius 3 is 2.72 bits per heavy atom. The Morgan fingerprint density at radius 2 is 2.04 bits per heavy atom. The zero-order valence-electron chi connectivity index (χ0n) is 14.5. The number of aromatic nitrogens is 4. The largest absolute Gasteiger partial charge is 0.477 e. The first-order chi connectivity index (χ1) is 12.0. The topological polar surface area (TPSA) is 103 Å². The molecule has 3 heterocycles. The smallest absolute Gasteiger partial charge is 0.278 e. The third kappa shape index (κ3) is 3.41. The van der Waals surface area contributed by atoms with Gasteiger partial charge in [-0.05, 0) is 19.4 Å². The SMILES string of the molecule is COc1ncc(C(=O)N2CCCn3nc([C@@H](C)O)cc3C2)nc1OC. The van der Waals surface area contributed by atoms with Crippen molar-refractivity contribution in [2.45, 2.75) is 32.5 Å². The van der Waals surface area contributed by atoms with E-state index >= 15 is 0 Å². The molecule has 0 saturated carbocycles. The zero-order valence-corrected chi connectivity index (χ0v) is 14.5. The fourth-order valence-corrected chi connectivity index (χ4v) is 2.76. The number of methoxy groups -OCH3 is 2. The molecule has 0 bridgehead atoms. The number of carbonyl (C=O) groups is 1. The van der Waals surface area contributed by atoms with Gasteiger partial charge in [-0.2, -0.15) is 5.10 Å². The van der Waals surface area contributed by atoms with E-state index in [4.69, 9.17) is 9.47 Å². The highest BCUT2D eigenvalue weighted by Crippen LogP contribution is 2.23. The Labute approximate surface area is 145 Å². The number of aryl methyl sites for hydroxylation is 1. The van der Waals surface area contributed by atoms with Gasteiger partial charge in [0.25, 0.3) is 17.7 Å². The molecule has 134 valence electrons. The van der Waals surface area contributed by atoms with Crippen LogP contribution in [0.1, 0.15) is 41.3 Å². The van der Waals surface area contributed by atoms with Gasteiger partial charge in [0.05, 0.1) is 44.5 Å². The van der Waals surface area contributed by atoms with E-state index in [1.54, 1.807) is 11.8 Å². The van der Waals surface area contributed by atoms with Crippen molar-refractivity contribution in [1.82, 2.24) is 24.6 Å². The van der Waals surface area contributed by atoms with Gasteiger partial charge in [-0.1, -0.05) is 0 Å². The summed E-state index contributed by atoms with van der Waals surface area (Å²) in [6.07, 6.45) is 1.51. The van der Waals surface area contributed by atoms with Crippen LogP contribution >= 0.6 is 0 Å². The summed E-state index contributed by atoms with van der Waals surface area (Å²) in [5, 5.41) is 14.1. The summed E-state index contributed by atoms with van der Waals surface area (Å²) in [6, 6.07) is 1.83. The first-order valence-electron chi connectivity index (χ1n) is 8.02. The Bertz CT molecular complexity index is 774. The molecule has 0 spiro atoms. The van der Waals surface area contributed by atoms with Crippen molar-refractivity contribution in [1.29, 1.82) is 0 Å². The molecule has 0 saturated heterocycles. The second-order valence-corrected chi connectivity index (χ2v) is 5.81. The van der Waals surface area contributed by atoms with Gasteiger partial charge in [-0.15, -0.1) is 0 Å². The van der Waals surface area contributed by atoms with Crippen molar-refractivity contribution in [3.8, 4) is 11.8 Å². The number of aliphatic hydroxyl groups excluding tert-OH is 1. The Hall–Kier alpha value is -2.68. The molecule has 9 nitrogen and oxygen atoms in total. The van der Waals surface area contributed by atoms with E-state index in [0.29, 0.717) is 25.3 Å². The summed E-state index contributed by atoms with van der Waals surface area (Å²) in [5.74, 6) is 0.167. The maximum Gasteiger partial charge on any atom is 0.278 e. The van der Waals surface area contributed by atoms with E-state index in [0.717, 1.165) is 12.1 Å². The van der Waals surface area contributed by atoms with Crippen molar-refractivity contribution in [2.75, 3.05) is 20.8 Å². The quantitative estimate of drug-likeness (QED) is 0.872. The van der Waals surface area contributed by atoms with E-state index in [1.165, 1.54) is 20.4 Å². The van der Waals surface area contributed by atoms with Gasteiger partial charge < -0.3 is 19.5 Å². The lowest BCUT2D eigenvalue weighted by atomic mass is 10.2. The third-order valence-electron chi connectivity index (χ3n) is 4.06. The Kier molecular flexibility index (Phi) is 4.84. The second-order valence-electron chi connectivity index (χ2n) is 5.81. The number of ether oxygens (including phenoxy) is 2. The highest BCUT2D eigenvalue weighted by Gasteiger charge is 2.24. The maximum absolute atomic E-state index is 12.8. The molecule has 3 rings (SSSR count). The monoisotopic (exact) mass is 347 g/mol. The van der Waals surface area contributed by atoms with Crippen LogP contribution in [0.4, 0.5) is 0 Å². The average molecular weight is 347 g/mol. The minimum atomic E-state index is -0.639. The van der Waals surface area contributed by atoms with E-state index in [2.05, 4.69) is 15.1 Å². The van der Waals surface area contributed by atoms with Crippen molar-refractivity contribution >= 4 is 5.91 Å². The van der Waals surface area contributed by atoms with Crippen LogP contribution < -0.4 is 9.47 Å². The minimum Gasteiger partial charge on any atom is -0.477 e. The van der Waals surface area contributed by atoms with Crippen molar-refractivity contribution in [3.63, 3.8) is 0 Å². The van der Waals surface area contributed by atoms with Crippen LogP contribution in [0.2, 0.25) is 0 Å². The summed E-state index contributed by atoms with van der Waals surface area (Å²) < 4.78 is 12.0. The van der Waals surface area contributed by atoms with Crippen molar-refractivity contribution in [3.05, 3.63) is 29.3 Å². The second kappa shape index (κ2) is 7.06. The molecule has 2 aromatic rings. The maximum atomic E-state index is 12.8. The summed E-state index contributed by atoms with van der Waals surface area (Å²) in [5.41, 5.74) is 1.69. The Morgan fingerprint density at radius 1 is 1.28 bits per heavy atom. The molecule has 1 aliphatic heterocycles. The summed E-state index contributed by atoms with van der Waals surface area (Å²) >= 11 is 0. The lowest BCUT2D eigenvalue weighted by Gasteiger charge is -2.19. The molecule has 0 aliphatic carbocycles. The molecule has 0 aromatic carbocycles. The van der Waals surface area contributed by atoms with Gasteiger partial charge in [0, 0.05) is 13.1 Å². The van der Waals surface area contributed by atoms with Gasteiger partial charge in [0.1, 0.15) is 0 Å². The number of fused-ring (bicyclic) bond motifs is 1. The first kappa shape index (κ1) is 17.2. The molecule has 1 N–H and O–H groups in total. The number of rotatable bonds is 4. The summed E-state index contributed by atoms with van der Waals surface area (Å²) in [7, 11) is 2.91. The standard InChI is InChI=1S/C16H21N5O4/c1-10(22)12-7-11-9-20(5-4-6-21(11)19-12)16(23)13-8-17-14(24-2)15(18-13)25-3/h7-8,10,22H,4-6,9H2,1-3H3/t10-/m1/s1. The number of hydrogen-bond acceptors (Lipinski definition) is 7. The summed E-state index contributed by atoms with van der Waals surface area (Å²) in [6.45, 7) is 3.35. The van der Waals surface area contributed by atoms with Crippen LogP contribution in [0, 0.1) is 0 Å². The zero-order chi connectivity index (χ0) is 18.0. The van der Waals surface area contributed by atoms with Gasteiger partial charge in [-0.25, -0.2) is 9.97 Å². The van der Waals surface area contributed by atoms with Gasteiger partial charge in [-0.3, -0.25) is 9.48 Å². The molecule has 1 aliphatic rings. The Balaban J connectivity index is 1.84. The molecule has 1 atom stereocenters. The van der Waals surface area contributed by atoms with Gasteiger partial charge in [0.2, 0.25) is 0 Å². The van der Waals surface area contributed by atoms with E-state index in [1.807, 2.05) is 10.7 Å². The number of aliphatic hydroxyl groups is 1. The highest BCUT2D eigenvalue weighted by molar-refractivity contribution is 5.92. The molecular formula is C16H21N5O4. The molecule has 0 radical (unpaired) electrons. The van der Waals surface area contributed by atoms with Crippen molar-refractivity contribution in [2.24, 2.45) is 0 Å². The number of carbonyl (C=O) groups excluding carboxylic acids is 1. The van der Waals surface area contributed by atoms with Gasteiger partial charge in [0.15, 0.2) is 5.69 Å². The van der Waals surface area contributed by atoms with Crippen LogP contribution in [0.3, 0.4) is 0 Å². The molecule has 1 amide bonds. The highest BCUT2D eigenvalue weighted by atomic mass is 16.5. The van der Waals surface area contributed by atoms with Crippen LogP contribution in [-0.4, -0.2) is 56.4 Å².